The van der Waals surface area contributed by atoms with Crippen molar-refractivity contribution in [3.63, 3.8) is 0 Å². The molecule has 0 unspecified atom stereocenters. The first-order valence-electron chi connectivity index (χ1n) is 9.89. The number of nitrogens with one attached hydrogen (secondary N) is 2. The van der Waals surface area contributed by atoms with Crippen molar-refractivity contribution in [2.24, 2.45) is 0 Å². The van der Waals surface area contributed by atoms with E-state index in [1.807, 2.05) is 36.4 Å². The van der Waals surface area contributed by atoms with Crippen LogP contribution in [0.25, 0.3) is 55.6 Å². The molecule has 0 atom stereocenters. The molecule has 2 N–H and O–H groups in total. The summed E-state index contributed by atoms with van der Waals surface area (Å²) < 4.78 is 13.8. The van der Waals surface area contributed by atoms with Gasteiger partial charge in [0.2, 0.25) is 0 Å². The summed E-state index contributed by atoms with van der Waals surface area (Å²) in [6, 6.07) is 20.7. The van der Waals surface area contributed by atoms with Gasteiger partial charge in [-0.2, -0.15) is 5.10 Å². The monoisotopic (exact) mass is 405 g/mol. The molecule has 0 spiro atoms. The molecule has 0 bridgehead atoms. The lowest BCUT2D eigenvalue weighted by atomic mass is 10.0. The number of hydrogen-bond donors (Lipinski definition) is 2. The lowest BCUT2D eigenvalue weighted by Gasteiger charge is -2.03. The van der Waals surface area contributed by atoms with Crippen LogP contribution in [0.4, 0.5) is 4.39 Å². The van der Waals surface area contributed by atoms with Crippen LogP contribution >= 0.6 is 0 Å². The first-order valence-corrected chi connectivity index (χ1v) is 9.89. The topological polar surface area (TPSA) is 70.2 Å². The second-order valence-electron chi connectivity index (χ2n) is 7.38. The zero-order valence-electron chi connectivity index (χ0n) is 16.3. The van der Waals surface area contributed by atoms with Crippen molar-refractivity contribution in [1.82, 2.24) is 25.1 Å². The first kappa shape index (κ1) is 17.5. The fraction of sp³-hybridized carbons (Fsp3) is 0. The predicted molar refractivity (Wildman–Crippen MR) is 120 cm³/mol. The molecule has 0 fully saturated rings. The minimum atomic E-state index is -0.264. The van der Waals surface area contributed by atoms with E-state index in [1.54, 1.807) is 24.7 Å². The third kappa shape index (κ3) is 2.97. The van der Waals surface area contributed by atoms with E-state index in [2.05, 4.69) is 37.3 Å². The Balaban J connectivity index is 1.52. The standard InChI is InChI=1S/C25H16FN5/c26-18-3-1-2-17(12-18)19-8-11-28-25-20(19)14-23(29-25)24-21-13-16(4-5-22(21)30-31-24)15-6-9-27-10-7-15/h1-14H,(H,28,29)(H,30,31). The Hall–Kier alpha value is -4.32. The number of benzene rings is 2. The molecule has 0 aliphatic carbocycles. The summed E-state index contributed by atoms with van der Waals surface area (Å²) in [7, 11) is 0. The Morgan fingerprint density at radius 1 is 0.742 bits per heavy atom. The van der Waals surface area contributed by atoms with Crippen LogP contribution in [0.1, 0.15) is 0 Å². The molecular formula is C25H16FN5. The van der Waals surface area contributed by atoms with Crippen molar-refractivity contribution >= 4 is 21.9 Å². The maximum atomic E-state index is 13.8. The number of H-pyrrole nitrogens is 2. The Morgan fingerprint density at radius 3 is 2.52 bits per heavy atom. The second-order valence-corrected chi connectivity index (χ2v) is 7.38. The molecule has 0 amide bonds. The minimum absolute atomic E-state index is 0.264. The number of rotatable bonds is 3. The van der Waals surface area contributed by atoms with Crippen LogP contribution in [0.3, 0.4) is 0 Å². The highest BCUT2D eigenvalue weighted by Gasteiger charge is 2.15. The van der Waals surface area contributed by atoms with Crippen molar-refractivity contribution in [2.75, 3.05) is 0 Å². The quantitative estimate of drug-likeness (QED) is 0.381. The molecule has 5 nitrogen and oxygen atoms in total. The molecule has 2 aromatic carbocycles. The summed E-state index contributed by atoms with van der Waals surface area (Å²) in [5.74, 6) is -0.264. The van der Waals surface area contributed by atoms with E-state index in [1.165, 1.54) is 12.1 Å². The van der Waals surface area contributed by atoms with Crippen molar-refractivity contribution in [1.29, 1.82) is 0 Å². The SMILES string of the molecule is Fc1cccc(-c2ccnc3[nH]c(-c4n[nH]c5ccc(-c6ccncc6)cc45)cc23)c1. The maximum Gasteiger partial charge on any atom is 0.138 e. The Morgan fingerprint density at radius 2 is 1.65 bits per heavy atom. The summed E-state index contributed by atoms with van der Waals surface area (Å²) in [6.45, 7) is 0. The smallest absolute Gasteiger partial charge is 0.138 e. The third-order valence-corrected chi connectivity index (χ3v) is 5.50. The molecule has 6 aromatic rings. The molecule has 4 aromatic heterocycles. The van der Waals surface area contributed by atoms with Gasteiger partial charge in [0.15, 0.2) is 0 Å². The first-order chi connectivity index (χ1) is 15.3. The molecule has 6 rings (SSSR count). The van der Waals surface area contributed by atoms with Crippen molar-refractivity contribution < 1.29 is 4.39 Å². The molecule has 31 heavy (non-hydrogen) atoms. The summed E-state index contributed by atoms with van der Waals surface area (Å²) >= 11 is 0. The lowest BCUT2D eigenvalue weighted by Crippen LogP contribution is -1.83. The van der Waals surface area contributed by atoms with Crippen molar-refractivity contribution in [3.05, 3.63) is 91.1 Å². The molecule has 0 aliphatic rings. The Kier molecular flexibility index (Phi) is 3.89. The fourth-order valence-corrected chi connectivity index (χ4v) is 4.01. The van der Waals surface area contributed by atoms with Crippen LogP contribution in [0.15, 0.2) is 85.3 Å². The summed E-state index contributed by atoms with van der Waals surface area (Å²) in [4.78, 5) is 11.9. The number of halogens is 1. The zero-order chi connectivity index (χ0) is 20.8. The van der Waals surface area contributed by atoms with Gasteiger partial charge >= 0.3 is 0 Å². The summed E-state index contributed by atoms with van der Waals surface area (Å²) in [5, 5.41) is 9.60. The highest BCUT2D eigenvalue weighted by atomic mass is 19.1. The van der Waals surface area contributed by atoms with Crippen LogP contribution in [-0.2, 0) is 0 Å². The van der Waals surface area contributed by atoms with E-state index in [0.29, 0.717) is 0 Å². The summed E-state index contributed by atoms with van der Waals surface area (Å²) in [5.41, 5.74) is 7.26. The second kappa shape index (κ2) is 6.88. The molecule has 0 aliphatic heterocycles. The van der Waals surface area contributed by atoms with Crippen molar-refractivity contribution in [2.45, 2.75) is 0 Å². The summed E-state index contributed by atoms with van der Waals surface area (Å²) in [6.07, 6.45) is 5.30. The van der Waals surface area contributed by atoms with Gasteiger partial charge in [-0.15, -0.1) is 0 Å². The maximum absolute atomic E-state index is 13.8. The number of pyridine rings is 2. The van der Waals surface area contributed by atoms with Gasteiger partial charge in [-0.3, -0.25) is 10.1 Å². The number of fused-ring (bicyclic) bond motifs is 2. The van der Waals surface area contributed by atoms with E-state index in [0.717, 1.165) is 55.6 Å². The van der Waals surface area contributed by atoms with Crippen LogP contribution in [-0.4, -0.2) is 25.1 Å². The van der Waals surface area contributed by atoms with Crippen molar-refractivity contribution in [3.8, 4) is 33.6 Å². The average Bonchev–Trinajstić information content (AvgIpc) is 3.43. The highest BCUT2D eigenvalue weighted by Crippen LogP contribution is 2.34. The van der Waals surface area contributed by atoms with Gasteiger partial charge < -0.3 is 4.98 Å². The largest absolute Gasteiger partial charge is 0.338 e. The van der Waals surface area contributed by atoms with Gasteiger partial charge in [0.25, 0.3) is 0 Å². The lowest BCUT2D eigenvalue weighted by molar-refractivity contribution is 0.628. The van der Waals surface area contributed by atoms with Crippen LogP contribution in [0.2, 0.25) is 0 Å². The Bertz CT molecular complexity index is 1550. The molecule has 0 radical (unpaired) electrons. The average molecular weight is 405 g/mol. The van der Waals surface area contributed by atoms with E-state index >= 15 is 0 Å². The minimum Gasteiger partial charge on any atom is -0.338 e. The number of hydrogen-bond acceptors (Lipinski definition) is 3. The molecule has 0 saturated heterocycles. The molecule has 4 heterocycles. The van der Waals surface area contributed by atoms with Gasteiger partial charge in [0.05, 0.1) is 11.2 Å². The number of aromatic amines is 2. The van der Waals surface area contributed by atoms with Gasteiger partial charge in [-0.25, -0.2) is 9.37 Å². The van der Waals surface area contributed by atoms with Crippen LogP contribution < -0.4 is 0 Å². The molecule has 0 saturated carbocycles. The predicted octanol–water partition coefficient (Wildman–Crippen LogP) is 5.97. The van der Waals surface area contributed by atoms with E-state index in [4.69, 9.17) is 0 Å². The van der Waals surface area contributed by atoms with Gasteiger partial charge in [0, 0.05) is 29.4 Å². The fourth-order valence-electron chi connectivity index (χ4n) is 4.01. The van der Waals surface area contributed by atoms with E-state index in [-0.39, 0.29) is 5.82 Å². The zero-order valence-corrected chi connectivity index (χ0v) is 16.3. The Labute approximate surface area is 176 Å². The van der Waals surface area contributed by atoms with Gasteiger partial charge in [0.1, 0.15) is 17.2 Å². The molecule has 148 valence electrons. The van der Waals surface area contributed by atoms with Crippen LogP contribution in [0, 0.1) is 5.82 Å². The third-order valence-electron chi connectivity index (χ3n) is 5.50. The van der Waals surface area contributed by atoms with Gasteiger partial charge in [-0.1, -0.05) is 18.2 Å². The van der Waals surface area contributed by atoms with Gasteiger partial charge in [-0.05, 0) is 70.8 Å². The normalized spacial score (nSPS) is 11.4. The van der Waals surface area contributed by atoms with E-state index in [9.17, 15) is 4.39 Å². The van der Waals surface area contributed by atoms with E-state index < -0.39 is 0 Å². The highest BCUT2D eigenvalue weighted by molar-refractivity contribution is 6.00. The number of nitrogens with zero attached hydrogens (tertiary/aromatic N) is 3. The number of aromatic nitrogens is 5. The van der Waals surface area contributed by atoms with Crippen LogP contribution in [0.5, 0.6) is 0 Å². The molecule has 6 heteroatoms. The molecular weight excluding hydrogens is 389 g/mol.